The number of aryl methyl sites for hydroxylation is 1. The van der Waals surface area contributed by atoms with E-state index in [0.29, 0.717) is 6.04 Å². The van der Waals surface area contributed by atoms with Crippen molar-refractivity contribution < 1.29 is 4.79 Å². The lowest BCUT2D eigenvalue weighted by Crippen LogP contribution is -2.44. The van der Waals surface area contributed by atoms with Crippen molar-refractivity contribution in [2.75, 3.05) is 45.2 Å². The lowest BCUT2D eigenvalue weighted by atomic mass is 9.95. The van der Waals surface area contributed by atoms with Crippen LogP contribution in [0.5, 0.6) is 0 Å². The number of allylic oxidation sites excluding steroid dienone is 1. The van der Waals surface area contributed by atoms with Gasteiger partial charge in [0.05, 0.1) is 0 Å². The van der Waals surface area contributed by atoms with E-state index >= 15 is 0 Å². The molecule has 0 unspecified atom stereocenters. The Labute approximate surface area is 228 Å². The molecule has 0 saturated carbocycles. The molecule has 2 saturated heterocycles. The molecule has 0 radical (unpaired) electrons. The summed E-state index contributed by atoms with van der Waals surface area (Å²) in [5.41, 5.74) is 7.88. The standard InChI is InChI=1S/C34H41N3O/c1-26-10-4-6-12-31(26)27-14-16-33(37-22-18-30(19-23-37)36-20-8-9-21-36)28(24-27)15-17-34(38)32-13-7-5-11-29(32)25-35(2)3/h4-7,10-17,24,30H,8-9,18-23,25H2,1-3H3. The fourth-order valence-corrected chi connectivity index (χ4v) is 6.11. The largest absolute Gasteiger partial charge is 0.371 e. The predicted octanol–water partition coefficient (Wildman–Crippen LogP) is 6.68. The van der Waals surface area contributed by atoms with Crippen molar-refractivity contribution >= 4 is 17.5 Å². The summed E-state index contributed by atoms with van der Waals surface area (Å²) in [6, 6.07) is 24.0. The quantitative estimate of drug-likeness (QED) is 0.251. The maximum absolute atomic E-state index is 13.4. The summed E-state index contributed by atoms with van der Waals surface area (Å²) in [6.07, 6.45) is 8.92. The number of ketones is 1. The van der Waals surface area contributed by atoms with Gasteiger partial charge >= 0.3 is 0 Å². The van der Waals surface area contributed by atoms with E-state index in [1.165, 1.54) is 61.2 Å². The summed E-state index contributed by atoms with van der Waals surface area (Å²) in [6.45, 7) is 7.56. The van der Waals surface area contributed by atoms with Gasteiger partial charge in [-0.2, -0.15) is 0 Å². The molecule has 0 amide bonds. The second kappa shape index (κ2) is 12.1. The summed E-state index contributed by atoms with van der Waals surface area (Å²) in [5, 5.41) is 0. The van der Waals surface area contributed by atoms with Crippen LogP contribution in [0.3, 0.4) is 0 Å². The summed E-state index contributed by atoms with van der Waals surface area (Å²) in [4.78, 5) is 20.7. The van der Waals surface area contributed by atoms with E-state index in [0.717, 1.165) is 36.3 Å². The van der Waals surface area contributed by atoms with Crippen LogP contribution in [0.2, 0.25) is 0 Å². The second-order valence-electron chi connectivity index (χ2n) is 11.1. The lowest BCUT2D eigenvalue weighted by molar-refractivity contribution is 0.104. The molecule has 198 valence electrons. The predicted molar refractivity (Wildman–Crippen MR) is 160 cm³/mol. The van der Waals surface area contributed by atoms with Gasteiger partial charge in [0, 0.05) is 36.9 Å². The van der Waals surface area contributed by atoms with Crippen LogP contribution in [-0.2, 0) is 6.54 Å². The van der Waals surface area contributed by atoms with E-state index in [2.05, 4.69) is 70.2 Å². The third kappa shape index (κ3) is 6.09. The van der Waals surface area contributed by atoms with Gasteiger partial charge in [0.1, 0.15) is 0 Å². The molecule has 0 N–H and O–H groups in total. The Morgan fingerprint density at radius 3 is 2.37 bits per heavy atom. The van der Waals surface area contributed by atoms with Gasteiger partial charge in [-0.25, -0.2) is 0 Å². The molecule has 0 spiro atoms. The van der Waals surface area contributed by atoms with Crippen molar-refractivity contribution in [1.82, 2.24) is 9.80 Å². The van der Waals surface area contributed by atoms with Gasteiger partial charge in [0.15, 0.2) is 5.78 Å². The Morgan fingerprint density at radius 1 is 0.921 bits per heavy atom. The highest BCUT2D eigenvalue weighted by molar-refractivity contribution is 6.08. The number of rotatable bonds is 8. The van der Waals surface area contributed by atoms with Gasteiger partial charge in [-0.15, -0.1) is 0 Å². The number of carbonyl (C=O) groups is 1. The Balaban J connectivity index is 1.43. The topological polar surface area (TPSA) is 26.8 Å². The van der Waals surface area contributed by atoms with Gasteiger partial charge in [0.25, 0.3) is 0 Å². The number of carbonyl (C=O) groups excluding carboxylic acids is 1. The van der Waals surface area contributed by atoms with Crippen molar-refractivity contribution in [3.05, 3.63) is 95.1 Å². The van der Waals surface area contributed by atoms with Gasteiger partial charge < -0.3 is 14.7 Å². The van der Waals surface area contributed by atoms with Crippen LogP contribution in [0.4, 0.5) is 5.69 Å². The number of hydrogen-bond acceptors (Lipinski definition) is 4. The number of nitrogens with zero attached hydrogens (tertiary/aromatic N) is 3. The first-order chi connectivity index (χ1) is 18.5. The molecule has 0 aliphatic carbocycles. The van der Waals surface area contributed by atoms with Crippen molar-refractivity contribution in [2.45, 2.75) is 45.2 Å². The highest BCUT2D eigenvalue weighted by Gasteiger charge is 2.27. The van der Waals surface area contributed by atoms with Crippen LogP contribution in [-0.4, -0.2) is 61.9 Å². The molecule has 2 heterocycles. The van der Waals surface area contributed by atoms with Gasteiger partial charge in [-0.3, -0.25) is 4.79 Å². The van der Waals surface area contributed by atoms with Crippen LogP contribution in [0.1, 0.15) is 52.7 Å². The molecule has 3 aromatic carbocycles. The highest BCUT2D eigenvalue weighted by atomic mass is 16.1. The van der Waals surface area contributed by atoms with Crippen LogP contribution in [0.25, 0.3) is 17.2 Å². The first-order valence-electron chi connectivity index (χ1n) is 14.1. The number of likely N-dealkylation sites (tertiary alicyclic amines) is 1. The normalized spacial score (nSPS) is 17.1. The Hall–Kier alpha value is -3.21. The molecule has 4 heteroatoms. The minimum Gasteiger partial charge on any atom is -0.371 e. The fraction of sp³-hybridized carbons (Fsp3) is 0.382. The third-order valence-corrected chi connectivity index (χ3v) is 8.13. The molecule has 2 fully saturated rings. The van der Waals surface area contributed by atoms with E-state index in [1.807, 2.05) is 38.4 Å². The molecule has 0 atom stereocenters. The zero-order chi connectivity index (χ0) is 26.5. The van der Waals surface area contributed by atoms with Crippen molar-refractivity contribution in [1.29, 1.82) is 0 Å². The first-order valence-corrected chi connectivity index (χ1v) is 14.1. The number of piperidine rings is 1. The molecule has 5 rings (SSSR count). The van der Waals surface area contributed by atoms with Crippen molar-refractivity contribution in [3.63, 3.8) is 0 Å². The van der Waals surface area contributed by atoms with E-state index < -0.39 is 0 Å². The lowest BCUT2D eigenvalue weighted by Gasteiger charge is -2.38. The Kier molecular flexibility index (Phi) is 8.41. The molecule has 4 nitrogen and oxygen atoms in total. The van der Waals surface area contributed by atoms with Gasteiger partial charge in [-0.1, -0.05) is 54.6 Å². The second-order valence-corrected chi connectivity index (χ2v) is 11.1. The smallest absolute Gasteiger partial charge is 0.186 e. The number of anilines is 1. The van der Waals surface area contributed by atoms with E-state index in [4.69, 9.17) is 0 Å². The fourth-order valence-electron chi connectivity index (χ4n) is 6.11. The van der Waals surface area contributed by atoms with Gasteiger partial charge in [-0.05, 0) is 112 Å². The van der Waals surface area contributed by atoms with Crippen molar-refractivity contribution in [3.8, 4) is 11.1 Å². The number of hydrogen-bond donors (Lipinski definition) is 0. The number of benzene rings is 3. The molecule has 38 heavy (non-hydrogen) atoms. The summed E-state index contributed by atoms with van der Waals surface area (Å²) in [7, 11) is 4.07. The highest BCUT2D eigenvalue weighted by Crippen LogP contribution is 2.33. The molecule has 0 aromatic heterocycles. The molecule has 3 aromatic rings. The molecule has 0 bridgehead atoms. The maximum atomic E-state index is 13.4. The van der Waals surface area contributed by atoms with Crippen LogP contribution in [0.15, 0.2) is 72.8 Å². The monoisotopic (exact) mass is 507 g/mol. The Morgan fingerprint density at radius 2 is 1.63 bits per heavy atom. The van der Waals surface area contributed by atoms with Crippen LogP contribution < -0.4 is 4.90 Å². The van der Waals surface area contributed by atoms with E-state index in [1.54, 1.807) is 6.08 Å². The Bertz CT molecular complexity index is 1280. The summed E-state index contributed by atoms with van der Waals surface area (Å²) < 4.78 is 0. The zero-order valence-electron chi connectivity index (χ0n) is 23.2. The summed E-state index contributed by atoms with van der Waals surface area (Å²) >= 11 is 0. The SMILES string of the molecule is Cc1ccccc1-c1ccc(N2CCC(N3CCCC3)CC2)c(C=CC(=O)c2ccccc2CN(C)C)c1. The zero-order valence-corrected chi connectivity index (χ0v) is 23.2. The molecular weight excluding hydrogens is 466 g/mol. The van der Waals surface area contributed by atoms with Crippen LogP contribution in [0, 0.1) is 6.92 Å². The minimum absolute atomic E-state index is 0.0578. The maximum Gasteiger partial charge on any atom is 0.186 e. The van der Waals surface area contributed by atoms with Gasteiger partial charge in [0.2, 0.25) is 0 Å². The minimum atomic E-state index is 0.0578. The summed E-state index contributed by atoms with van der Waals surface area (Å²) in [5.74, 6) is 0.0578. The third-order valence-electron chi connectivity index (χ3n) is 8.13. The molecular formula is C34H41N3O. The van der Waals surface area contributed by atoms with E-state index in [9.17, 15) is 4.79 Å². The van der Waals surface area contributed by atoms with E-state index in [-0.39, 0.29) is 5.78 Å². The average Bonchev–Trinajstić information content (AvgIpc) is 3.47. The molecule has 2 aliphatic heterocycles. The first kappa shape index (κ1) is 26.4. The molecule has 2 aliphatic rings. The van der Waals surface area contributed by atoms with Crippen LogP contribution >= 0.6 is 0 Å². The van der Waals surface area contributed by atoms with Crippen molar-refractivity contribution in [2.24, 2.45) is 0 Å². The average molecular weight is 508 g/mol.